The van der Waals surface area contributed by atoms with Gasteiger partial charge in [-0.3, -0.25) is 9.59 Å². The summed E-state index contributed by atoms with van der Waals surface area (Å²) in [6.07, 6.45) is -0.773. The number of nitrogens with one attached hydrogen (secondary N) is 1. The predicted octanol–water partition coefficient (Wildman–Crippen LogP) is 3.89. The summed E-state index contributed by atoms with van der Waals surface area (Å²) in [7, 11) is 0. The second kappa shape index (κ2) is 8.24. The number of benzene rings is 2. The van der Waals surface area contributed by atoms with E-state index in [2.05, 4.69) is 5.32 Å². The molecule has 0 aliphatic heterocycles. The Balaban J connectivity index is 1.85. The Hall–Kier alpha value is -2.69. The maximum Gasteiger partial charge on any atom is 0.307 e. The maximum atomic E-state index is 13.1. The predicted molar refractivity (Wildman–Crippen MR) is 90.1 cm³/mol. The summed E-state index contributed by atoms with van der Waals surface area (Å²) in [6, 6.07) is 15.1. The summed E-state index contributed by atoms with van der Waals surface area (Å²) in [6.45, 7) is 3.41. The van der Waals surface area contributed by atoms with Gasteiger partial charge < -0.3 is 10.1 Å². The standard InChI is InChI=1S/C19H20FNO3/c1-13(15-7-4-3-5-8-15)11-18(22)24-14(2)19(23)21-17-10-6-9-16(20)12-17/h3-10,12-14H,11H2,1-2H3,(H,21,23)/t13-,14+/m0/s1. The van der Waals surface area contributed by atoms with E-state index in [-0.39, 0.29) is 12.3 Å². The van der Waals surface area contributed by atoms with Crippen molar-refractivity contribution in [1.82, 2.24) is 0 Å². The minimum Gasteiger partial charge on any atom is -0.453 e. The van der Waals surface area contributed by atoms with Crippen LogP contribution in [0.15, 0.2) is 54.6 Å². The minimum absolute atomic E-state index is 0.00261. The van der Waals surface area contributed by atoms with Gasteiger partial charge in [0.1, 0.15) is 5.82 Å². The van der Waals surface area contributed by atoms with E-state index >= 15 is 0 Å². The highest BCUT2D eigenvalue weighted by Crippen LogP contribution is 2.19. The SMILES string of the molecule is C[C@@H](OC(=O)C[C@H](C)c1ccccc1)C(=O)Nc1cccc(F)c1. The van der Waals surface area contributed by atoms with Gasteiger partial charge in [-0.05, 0) is 36.6 Å². The molecule has 126 valence electrons. The Kier molecular flexibility index (Phi) is 6.07. The molecule has 2 rings (SSSR count). The zero-order valence-corrected chi connectivity index (χ0v) is 13.7. The second-order valence-electron chi connectivity index (χ2n) is 5.65. The third kappa shape index (κ3) is 5.19. The van der Waals surface area contributed by atoms with E-state index in [0.29, 0.717) is 5.69 Å². The molecule has 0 spiro atoms. The maximum absolute atomic E-state index is 13.1. The average Bonchev–Trinajstić information content (AvgIpc) is 2.55. The Morgan fingerprint density at radius 2 is 1.79 bits per heavy atom. The molecule has 0 aliphatic carbocycles. The van der Waals surface area contributed by atoms with Crippen molar-refractivity contribution in [2.45, 2.75) is 32.3 Å². The quantitative estimate of drug-likeness (QED) is 0.818. The lowest BCUT2D eigenvalue weighted by Gasteiger charge is -2.16. The number of ether oxygens (including phenoxy) is 1. The summed E-state index contributed by atoms with van der Waals surface area (Å²) in [5.74, 6) is -1.40. The van der Waals surface area contributed by atoms with Crippen molar-refractivity contribution in [2.24, 2.45) is 0 Å². The van der Waals surface area contributed by atoms with E-state index in [0.717, 1.165) is 5.56 Å². The molecule has 0 fully saturated rings. The largest absolute Gasteiger partial charge is 0.453 e. The zero-order chi connectivity index (χ0) is 17.5. The fraction of sp³-hybridized carbons (Fsp3) is 0.263. The van der Waals surface area contributed by atoms with Crippen LogP contribution in [0.3, 0.4) is 0 Å². The number of carbonyl (C=O) groups is 2. The molecule has 2 aromatic rings. The van der Waals surface area contributed by atoms with E-state index in [1.165, 1.54) is 25.1 Å². The molecule has 0 bridgehead atoms. The van der Waals surface area contributed by atoms with E-state index in [1.54, 1.807) is 6.07 Å². The van der Waals surface area contributed by atoms with E-state index < -0.39 is 23.8 Å². The van der Waals surface area contributed by atoms with Gasteiger partial charge in [0.2, 0.25) is 0 Å². The molecule has 1 amide bonds. The summed E-state index contributed by atoms with van der Waals surface area (Å²) in [5, 5.41) is 2.52. The van der Waals surface area contributed by atoms with Crippen LogP contribution >= 0.6 is 0 Å². The highest BCUT2D eigenvalue weighted by molar-refractivity contribution is 5.95. The van der Waals surface area contributed by atoms with Crippen LogP contribution in [-0.4, -0.2) is 18.0 Å². The van der Waals surface area contributed by atoms with Crippen molar-refractivity contribution in [1.29, 1.82) is 0 Å². The number of halogens is 1. The van der Waals surface area contributed by atoms with Crippen molar-refractivity contribution < 1.29 is 18.7 Å². The molecule has 1 N–H and O–H groups in total. The number of esters is 1. The van der Waals surface area contributed by atoms with E-state index in [9.17, 15) is 14.0 Å². The van der Waals surface area contributed by atoms with Crippen molar-refractivity contribution >= 4 is 17.6 Å². The molecule has 0 heterocycles. The Morgan fingerprint density at radius 3 is 2.46 bits per heavy atom. The molecule has 0 radical (unpaired) electrons. The highest BCUT2D eigenvalue weighted by Gasteiger charge is 2.20. The number of carbonyl (C=O) groups excluding carboxylic acids is 2. The number of hydrogen-bond acceptors (Lipinski definition) is 3. The van der Waals surface area contributed by atoms with Crippen LogP contribution in [0.2, 0.25) is 0 Å². The van der Waals surface area contributed by atoms with Crippen LogP contribution in [0.5, 0.6) is 0 Å². The smallest absolute Gasteiger partial charge is 0.307 e. The third-order valence-corrected chi connectivity index (χ3v) is 3.61. The molecule has 0 aromatic heterocycles. The van der Waals surface area contributed by atoms with Crippen molar-refractivity contribution in [3.05, 3.63) is 66.0 Å². The lowest BCUT2D eigenvalue weighted by molar-refractivity contribution is -0.153. The lowest BCUT2D eigenvalue weighted by atomic mass is 9.98. The first-order chi connectivity index (χ1) is 11.5. The number of amides is 1. The van der Waals surface area contributed by atoms with Crippen molar-refractivity contribution in [3.8, 4) is 0 Å². The van der Waals surface area contributed by atoms with Gasteiger partial charge in [-0.25, -0.2) is 4.39 Å². The molecule has 0 aliphatic rings. The van der Waals surface area contributed by atoms with E-state index in [4.69, 9.17) is 4.74 Å². The fourth-order valence-corrected chi connectivity index (χ4v) is 2.26. The number of rotatable bonds is 6. The van der Waals surface area contributed by atoms with Gasteiger partial charge in [0.05, 0.1) is 6.42 Å². The molecular formula is C19H20FNO3. The van der Waals surface area contributed by atoms with Crippen LogP contribution in [0.25, 0.3) is 0 Å². The lowest BCUT2D eigenvalue weighted by Crippen LogP contribution is -2.30. The molecule has 2 aromatic carbocycles. The van der Waals surface area contributed by atoms with Gasteiger partial charge in [0.15, 0.2) is 6.10 Å². The van der Waals surface area contributed by atoms with E-state index in [1.807, 2.05) is 37.3 Å². The Morgan fingerprint density at radius 1 is 1.08 bits per heavy atom. The molecule has 5 heteroatoms. The normalized spacial score (nSPS) is 13.0. The van der Waals surface area contributed by atoms with Crippen LogP contribution in [0.1, 0.15) is 31.7 Å². The molecule has 0 unspecified atom stereocenters. The topological polar surface area (TPSA) is 55.4 Å². The highest BCUT2D eigenvalue weighted by atomic mass is 19.1. The van der Waals surface area contributed by atoms with Gasteiger partial charge in [-0.15, -0.1) is 0 Å². The van der Waals surface area contributed by atoms with Gasteiger partial charge >= 0.3 is 5.97 Å². The first kappa shape index (κ1) is 17.7. The number of hydrogen-bond donors (Lipinski definition) is 1. The van der Waals surface area contributed by atoms with Crippen molar-refractivity contribution in [3.63, 3.8) is 0 Å². The molecule has 2 atom stereocenters. The van der Waals surface area contributed by atoms with Gasteiger partial charge in [0, 0.05) is 5.69 Å². The molecule has 24 heavy (non-hydrogen) atoms. The summed E-state index contributed by atoms with van der Waals surface area (Å²) < 4.78 is 18.3. The van der Waals surface area contributed by atoms with Crippen LogP contribution in [0.4, 0.5) is 10.1 Å². The monoisotopic (exact) mass is 329 g/mol. The Bertz CT molecular complexity index is 703. The summed E-state index contributed by atoms with van der Waals surface area (Å²) >= 11 is 0. The summed E-state index contributed by atoms with van der Waals surface area (Å²) in [5.41, 5.74) is 1.35. The molecular weight excluding hydrogens is 309 g/mol. The molecule has 4 nitrogen and oxygen atoms in total. The van der Waals surface area contributed by atoms with Gasteiger partial charge in [-0.1, -0.05) is 43.3 Å². The summed E-state index contributed by atoms with van der Waals surface area (Å²) in [4.78, 5) is 24.0. The number of anilines is 1. The van der Waals surface area contributed by atoms with Crippen LogP contribution in [0, 0.1) is 5.82 Å². The average molecular weight is 329 g/mol. The Labute approximate surface area is 140 Å². The van der Waals surface area contributed by atoms with Gasteiger partial charge in [-0.2, -0.15) is 0 Å². The second-order valence-corrected chi connectivity index (χ2v) is 5.65. The fourth-order valence-electron chi connectivity index (χ4n) is 2.26. The zero-order valence-electron chi connectivity index (χ0n) is 13.7. The van der Waals surface area contributed by atoms with Crippen LogP contribution in [-0.2, 0) is 14.3 Å². The first-order valence-electron chi connectivity index (χ1n) is 7.76. The molecule has 0 saturated heterocycles. The van der Waals surface area contributed by atoms with Gasteiger partial charge in [0.25, 0.3) is 5.91 Å². The first-order valence-corrected chi connectivity index (χ1v) is 7.76. The molecule has 0 saturated carbocycles. The minimum atomic E-state index is -0.955. The third-order valence-electron chi connectivity index (χ3n) is 3.61. The van der Waals surface area contributed by atoms with Crippen LogP contribution < -0.4 is 5.32 Å². The van der Waals surface area contributed by atoms with Crippen molar-refractivity contribution in [2.75, 3.05) is 5.32 Å².